The number of aliphatic carboxylic acids is 1. The monoisotopic (exact) mass is 183 g/mol. The summed E-state index contributed by atoms with van der Waals surface area (Å²) in [5.74, 6) is -0.719. The molecule has 0 aromatic carbocycles. The van der Waals surface area contributed by atoms with Crippen molar-refractivity contribution >= 4 is 17.3 Å². The number of nitrogens with zero attached hydrogens (tertiary/aromatic N) is 1. The fraction of sp³-hybridized carbons (Fsp3) is 0.500. The number of thiazole rings is 1. The summed E-state index contributed by atoms with van der Waals surface area (Å²) in [5, 5.41) is 11.6. The topological polar surface area (TPSA) is 50.2 Å². The lowest BCUT2D eigenvalue weighted by Gasteiger charge is -2.35. The average molecular weight is 183 g/mol. The van der Waals surface area contributed by atoms with Gasteiger partial charge >= 0.3 is 5.97 Å². The Bertz CT molecular complexity index is 290. The first-order valence-corrected chi connectivity index (χ1v) is 4.77. The lowest BCUT2D eigenvalue weighted by molar-refractivity contribution is -0.147. The molecule has 0 spiro atoms. The molecule has 1 aromatic rings. The zero-order valence-corrected chi connectivity index (χ0v) is 7.30. The van der Waals surface area contributed by atoms with Crippen LogP contribution in [0.25, 0.3) is 0 Å². The van der Waals surface area contributed by atoms with E-state index in [2.05, 4.69) is 4.98 Å². The molecule has 0 aliphatic heterocycles. The number of hydrogen-bond acceptors (Lipinski definition) is 3. The normalized spacial score (nSPS) is 20.0. The Balaban J connectivity index is 2.35. The standard InChI is InChI=1S/C8H9NO2S/c10-7(11)8(2-1-3-8)6-9-4-5-12-6/h4-5H,1-3H2,(H,10,11). The SMILES string of the molecule is O=C(O)C1(c2nccs2)CCC1. The molecule has 1 aliphatic carbocycles. The van der Waals surface area contributed by atoms with Crippen LogP contribution in [0.1, 0.15) is 24.3 Å². The third kappa shape index (κ3) is 0.876. The molecule has 64 valence electrons. The molecule has 1 heterocycles. The summed E-state index contributed by atoms with van der Waals surface area (Å²) in [5.41, 5.74) is -0.631. The molecule has 1 aromatic heterocycles. The van der Waals surface area contributed by atoms with Gasteiger partial charge in [0.25, 0.3) is 0 Å². The Hall–Kier alpha value is -0.900. The van der Waals surface area contributed by atoms with Crippen molar-refractivity contribution in [2.45, 2.75) is 24.7 Å². The lowest BCUT2D eigenvalue weighted by Crippen LogP contribution is -2.42. The highest BCUT2D eigenvalue weighted by Gasteiger charge is 2.47. The van der Waals surface area contributed by atoms with Crippen LogP contribution in [-0.4, -0.2) is 16.1 Å². The summed E-state index contributed by atoms with van der Waals surface area (Å²) in [4.78, 5) is 15.0. The van der Waals surface area contributed by atoms with E-state index in [1.165, 1.54) is 11.3 Å². The van der Waals surface area contributed by atoms with Crippen LogP contribution in [0.2, 0.25) is 0 Å². The fourth-order valence-corrected chi connectivity index (χ4v) is 2.40. The second kappa shape index (κ2) is 2.55. The maximum absolute atomic E-state index is 11.0. The minimum absolute atomic E-state index is 0.631. The summed E-state index contributed by atoms with van der Waals surface area (Å²) in [6.07, 6.45) is 4.17. The van der Waals surface area contributed by atoms with Gasteiger partial charge < -0.3 is 5.11 Å². The zero-order valence-electron chi connectivity index (χ0n) is 6.49. The molecule has 0 amide bonds. The van der Waals surface area contributed by atoms with Gasteiger partial charge in [-0.3, -0.25) is 4.79 Å². The Morgan fingerprint density at radius 1 is 1.67 bits per heavy atom. The van der Waals surface area contributed by atoms with Crippen molar-refractivity contribution in [3.8, 4) is 0 Å². The predicted octanol–water partition coefficient (Wildman–Crippen LogP) is 1.65. The summed E-state index contributed by atoms with van der Waals surface area (Å²) in [7, 11) is 0. The molecular formula is C8H9NO2S. The van der Waals surface area contributed by atoms with Crippen molar-refractivity contribution in [3.05, 3.63) is 16.6 Å². The van der Waals surface area contributed by atoms with Crippen molar-refractivity contribution in [2.24, 2.45) is 0 Å². The van der Waals surface area contributed by atoms with E-state index < -0.39 is 11.4 Å². The number of carboxylic acids is 1. The Kier molecular flexibility index (Phi) is 1.65. The van der Waals surface area contributed by atoms with E-state index in [0.29, 0.717) is 0 Å². The van der Waals surface area contributed by atoms with E-state index in [-0.39, 0.29) is 0 Å². The van der Waals surface area contributed by atoms with Crippen LogP contribution in [0.4, 0.5) is 0 Å². The van der Waals surface area contributed by atoms with Gasteiger partial charge in [-0.1, -0.05) is 6.42 Å². The molecule has 4 heteroatoms. The molecule has 0 atom stereocenters. The van der Waals surface area contributed by atoms with Gasteiger partial charge in [0.05, 0.1) is 0 Å². The van der Waals surface area contributed by atoms with Crippen molar-refractivity contribution in [2.75, 3.05) is 0 Å². The van der Waals surface area contributed by atoms with Crippen LogP contribution < -0.4 is 0 Å². The van der Waals surface area contributed by atoms with Crippen LogP contribution >= 0.6 is 11.3 Å². The van der Waals surface area contributed by atoms with E-state index in [4.69, 9.17) is 5.11 Å². The molecule has 1 saturated carbocycles. The molecule has 2 rings (SSSR count). The van der Waals surface area contributed by atoms with E-state index in [1.54, 1.807) is 6.20 Å². The average Bonchev–Trinajstić information content (AvgIpc) is 2.35. The van der Waals surface area contributed by atoms with Crippen LogP contribution in [-0.2, 0) is 10.2 Å². The number of hydrogen-bond donors (Lipinski definition) is 1. The molecule has 3 nitrogen and oxygen atoms in total. The molecule has 12 heavy (non-hydrogen) atoms. The molecule has 1 N–H and O–H groups in total. The van der Waals surface area contributed by atoms with Crippen molar-refractivity contribution < 1.29 is 9.90 Å². The van der Waals surface area contributed by atoms with Crippen LogP contribution in [0.3, 0.4) is 0 Å². The first kappa shape index (κ1) is 7.73. The molecule has 1 fully saturated rings. The van der Waals surface area contributed by atoms with Crippen molar-refractivity contribution in [1.29, 1.82) is 0 Å². The number of carboxylic acid groups (broad SMARTS) is 1. The van der Waals surface area contributed by atoms with E-state index >= 15 is 0 Å². The Morgan fingerprint density at radius 2 is 2.42 bits per heavy atom. The molecule has 1 aliphatic rings. The summed E-state index contributed by atoms with van der Waals surface area (Å²) >= 11 is 1.44. The summed E-state index contributed by atoms with van der Waals surface area (Å²) in [6, 6.07) is 0. The van der Waals surface area contributed by atoms with Gasteiger partial charge in [0.15, 0.2) is 0 Å². The first-order chi connectivity index (χ1) is 5.76. The third-order valence-electron chi connectivity index (χ3n) is 2.46. The summed E-state index contributed by atoms with van der Waals surface area (Å²) < 4.78 is 0. The largest absolute Gasteiger partial charge is 0.481 e. The number of aromatic nitrogens is 1. The molecule has 0 unspecified atom stereocenters. The molecule has 0 saturated heterocycles. The van der Waals surface area contributed by atoms with Gasteiger partial charge in [0.2, 0.25) is 0 Å². The highest BCUT2D eigenvalue weighted by Crippen LogP contribution is 2.44. The minimum Gasteiger partial charge on any atom is -0.481 e. The van der Waals surface area contributed by atoms with Gasteiger partial charge in [0, 0.05) is 11.6 Å². The zero-order chi connectivity index (χ0) is 8.60. The minimum atomic E-state index is -0.719. The smallest absolute Gasteiger partial charge is 0.316 e. The fourth-order valence-electron chi connectivity index (χ4n) is 1.51. The lowest BCUT2D eigenvalue weighted by atomic mass is 9.69. The van der Waals surface area contributed by atoms with Gasteiger partial charge in [-0.15, -0.1) is 11.3 Å². The first-order valence-electron chi connectivity index (χ1n) is 3.89. The van der Waals surface area contributed by atoms with Crippen LogP contribution in [0.5, 0.6) is 0 Å². The van der Waals surface area contributed by atoms with E-state index in [9.17, 15) is 4.79 Å². The second-order valence-corrected chi connectivity index (χ2v) is 3.97. The highest BCUT2D eigenvalue weighted by atomic mass is 32.1. The van der Waals surface area contributed by atoms with Crippen LogP contribution in [0, 0.1) is 0 Å². The van der Waals surface area contributed by atoms with Gasteiger partial charge in [-0.05, 0) is 12.8 Å². The maximum atomic E-state index is 11.0. The van der Waals surface area contributed by atoms with E-state index in [1.807, 2.05) is 5.38 Å². The number of carbonyl (C=O) groups is 1. The molecule has 0 radical (unpaired) electrons. The molecule has 0 bridgehead atoms. The van der Waals surface area contributed by atoms with E-state index in [0.717, 1.165) is 24.3 Å². The second-order valence-electron chi connectivity index (χ2n) is 3.08. The van der Waals surface area contributed by atoms with Crippen molar-refractivity contribution in [3.63, 3.8) is 0 Å². The maximum Gasteiger partial charge on any atom is 0.316 e. The van der Waals surface area contributed by atoms with Gasteiger partial charge in [-0.2, -0.15) is 0 Å². The number of rotatable bonds is 2. The van der Waals surface area contributed by atoms with Crippen molar-refractivity contribution in [1.82, 2.24) is 4.98 Å². The predicted molar refractivity (Wildman–Crippen MR) is 45.3 cm³/mol. The summed E-state index contributed by atoms with van der Waals surface area (Å²) in [6.45, 7) is 0. The quantitative estimate of drug-likeness (QED) is 0.758. The van der Waals surface area contributed by atoms with Gasteiger partial charge in [0.1, 0.15) is 10.4 Å². The molecular weight excluding hydrogens is 174 g/mol. The highest BCUT2D eigenvalue weighted by molar-refractivity contribution is 7.09. The third-order valence-corrected chi connectivity index (χ3v) is 3.44. The Morgan fingerprint density at radius 3 is 2.75 bits per heavy atom. The Labute approximate surface area is 74.1 Å². The van der Waals surface area contributed by atoms with Gasteiger partial charge in [-0.25, -0.2) is 4.98 Å². The van der Waals surface area contributed by atoms with Crippen LogP contribution in [0.15, 0.2) is 11.6 Å².